The van der Waals surface area contributed by atoms with Crippen molar-refractivity contribution >= 4 is 23.1 Å². The zero-order valence-electron chi connectivity index (χ0n) is 10.2. The van der Waals surface area contributed by atoms with Gasteiger partial charge in [-0.25, -0.2) is 4.98 Å². The average Bonchev–Trinajstić information content (AvgIpc) is 2.42. The van der Waals surface area contributed by atoms with Gasteiger partial charge in [-0.1, -0.05) is 6.07 Å². The first-order valence-electron chi connectivity index (χ1n) is 5.83. The molecule has 3 nitrogen and oxygen atoms in total. The standard InChI is InChI=1S/C14H15ClN2O/c1-2-18-13-7-6-12(9-11(13)10-15)17-14-5-3-4-8-16-14/h3-9H,2,10H2,1H3,(H,16,17). The van der Waals surface area contributed by atoms with E-state index >= 15 is 0 Å². The molecule has 0 saturated carbocycles. The number of aromatic nitrogens is 1. The molecule has 0 radical (unpaired) electrons. The summed E-state index contributed by atoms with van der Waals surface area (Å²) in [7, 11) is 0. The third-order valence-corrected chi connectivity index (χ3v) is 2.73. The summed E-state index contributed by atoms with van der Waals surface area (Å²) >= 11 is 5.92. The molecular formula is C14H15ClN2O. The minimum atomic E-state index is 0.424. The Morgan fingerprint density at radius 2 is 2.17 bits per heavy atom. The Hall–Kier alpha value is -1.74. The lowest BCUT2D eigenvalue weighted by atomic mass is 10.2. The number of benzene rings is 1. The van der Waals surface area contributed by atoms with E-state index in [2.05, 4.69) is 10.3 Å². The molecule has 0 aliphatic carbocycles. The Morgan fingerprint density at radius 3 is 2.83 bits per heavy atom. The number of halogens is 1. The molecule has 0 bridgehead atoms. The van der Waals surface area contributed by atoms with E-state index in [0.717, 1.165) is 22.8 Å². The second kappa shape index (κ2) is 6.26. The lowest BCUT2D eigenvalue weighted by Crippen LogP contribution is -1.98. The van der Waals surface area contributed by atoms with E-state index in [0.29, 0.717) is 12.5 Å². The first-order valence-corrected chi connectivity index (χ1v) is 6.36. The molecule has 0 amide bonds. The van der Waals surface area contributed by atoms with Crippen molar-refractivity contribution < 1.29 is 4.74 Å². The quantitative estimate of drug-likeness (QED) is 0.828. The van der Waals surface area contributed by atoms with E-state index in [9.17, 15) is 0 Å². The van der Waals surface area contributed by atoms with Gasteiger partial charge in [-0.15, -0.1) is 11.6 Å². The molecule has 0 aliphatic heterocycles. The minimum absolute atomic E-state index is 0.424. The van der Waals surface area contributed by atoms with Gasteiger partial charge in [0.1, 0.15) is 11.6 Å². The highest BCUT2D eigenvalue weighted by atomic mass is 35.5. The van der Waals surface area contributed by atoms with Gasteiger partial charge >= 0.3 is 0 Å². The van der Waals surface area contributed by atoms with Crippen LogP contribution in [0.3, 0.4) is 0 Å². The smallest absolute Gasteiger partial charge is 0.130 e. The summed E-state index contributed by atoms with van der Waals surface area (Å²) < 4.78 is 5.51. The van der Waals surface area contributed by atoms with Crippen molar-refractivity contribution in [2.45, 2.75) is 12.8 Å². The molecule has 1 N–H and O–H groups in total. The fourth-order valence-electron chi connectivity index (χ4n) is 1.64. The molecule has 0 aliphatic rings. The van der Waals surface area contributed by atoms with Gasteiger partial charge < -0.3 is 10.1 Å². The van der Waals surface area contributed by atoms with Gasteiger partial charge in [0.15, 0.2) is 0 Å². The number of rotatable bonds is 5. The molecule has 0 unspecified atom stereocenters. The summed E-state index contributed by atoms with van der Waals surface area (Å²) in [6.45, 7) is 2.59. The second-order valence-corrected chi connectivity index (χ2v) is 4.00. The van der Waals surface area contributed by atoms with E-state index in [1.807, 2.05) is 43.3 Å². The molecule has 0 spiro atoms. The number of nitrogens with zero attached hydrogens (tertiary/aromatic N) is 1. The molecule has 0 atom stereocenters. The Morgan fingerprint density at radius 1 is 1.28 bits per heavy atom. The van der Waals surface area contributed by atoms with Crippen molar-refractivity contribution in [1.82, 2.24) is 4.98 Å². The van der Waals surface area contributed by atoms with Gasteiger partial charge in [-0.3, -0.25) is 0 Å². The fraction of sp³-hybridized carbons (Fsp3) is 0.214. The van der Waals surface area contributed by atoms with Gasteiger partial charge in [0, 0.05) is 17.4 Å². The van der Waals surface area contributed by atoms with Crippen molar-refractivity contribution in [3.05, 3.63) is 48.2 Å². The molecule has 4 heteroatoms. The highest BCUT2D eigenvalue weighted by Gasteiger charge is 2.04. The highest BCUT2D eigenvalue weighted by Crippen LogP contribution is 2.25. The minimum Gasteiger partial charge on any atom is -0.494 e. The largest absolute Gasteiger partial charge is 0.494 e. The Kier molecular flexibility index (Phi) is 4.42. The van der Waals surface area contributed by atoms with Gasteiger partial charge in [0.25, 0.3) is 0 Å². The molecule has 94 valence electrons. The maximum Gasteiger partial charge on any atom is 0.130 e. The number of alkyl halides is 1. The average molecular weight is 263 g/mol. The summed E-state index contributed by atoms with van der Waals surface area (Å²) in [4.78, 5) is 4.21. The van der Waals surface area contributed by atoms with Crippen LogP contribution in [0.15, 0.2) is 42.6 Å². The van der Waals surface area contributed by atoms with Gasteiger partial charge in [-0.2, -0.15) is 0 Å². The second-order valence-electron chi connectivity index (χ2n) is 3.73. The summed E-state index contributed by atoms with van der Waals surface area (Å²) in [5, 5.41) is 3.22. The van der Waals surface area contributed by atoms with Crippen molar-refractivity contribution in [3.63, 3.8) is 0 Å². The zero-order chi connectivity index (χ0) is 12.8. The number of ether oxygens (including phenoxy) is 1. The van der Waals surface area contributed by atoms with E-state index in [1.54, 1.807) is 6.20 Å². The molecule has 18 heavy (non-hydrogen) atoms. The summed E-state index contributed by atoms with van der Waals surface area (Å²) in [6, 6.07) is 11.6. The Bertz CT molecular complexity index is 502. The van der Waals surface area contributed by atoms with Crippen LogP contribution in [0.1, 0.15) is 12.5 Å². The first-order chi connectivity index (χ1) is 8.83. The van der Waals surface area contributed by atoms with Crippen molar-refractivity contribution in [2.75, 3.05) is 11.9 Å². The summed E-state index contributed by atoms with van der Waals surface area (Å²) in [6.07, 6.45) is 1.75. The maximum atomic E-state index is 5.92. The number of pyridine rings is 1. The van der Waals surface area contributed by atoms with Gasteiger partial charge in [-0.05, 0) is 37.3 Å². The van der Waals surface area contributed by atoms with Gasteiger partial charge in [0.2, 0.25) is 0 Å². The van der Waals surface area contributed by atoms with Crippen LogP contribution in [-0.2, 0) is 5.88 Å². The van der Waals surface area contributed by atoms with Crippen LogP contribution in [0.4, 0.5) is 11.5 Å². The number of anilines is 2. The molecule has 0 saturated heterocycles. The van der Waals surface area contributed by atoms with Crippen LogP contribution in [0, 0.1) is 0 Å². The molecule has 1 aromatic heterocycles. The van der Waals surface area contributed by atoms with E-state index < -0.39 is 0 Å². The topological polar surface area (TPSA) is 34.1 Å². The van der Waals surface area contributed by atoms with E-state index in [4.69, 9.17) is 16.3 Å². The fourth-order valence-corrected chi connectivity index (χ4v) is 1.85. The zero-order valence-corrected chi connectivity index (χ0v) is 10.9. The van der Waals surface area contributed by atoms with Crippen LogP contribution < -0.4 is 10.1 Å². The lowest BCUT2D eigenvalue weighted by Gasteiger charge is -2.11. The predicted octanol–water partition coefficient (Wildman–Crippen LogP) is 3.96. The molecule has 1 aromatic carbocycles. The number of nitrogens with one attached hydrogen (secondary N) is 1. The molecule has 2 rings (SSSR count). The summed E-state index contributed by atoms with van der Waals surface area (Å²) in [5.41, 5.74) is 1.92. The molecular weight excluding hydrogens is 248 g/mol. The van der Waals surface area contributed by atoms with Crippen LogP contribution in [-0.4, -0.2) is 11.6 Å². The highest BCUT2D eigenvalue weighted by molar-refractivity contribution is 6.17. The van der Waals surface area contributed by atoms with Crippen LogP contribution in [0.2, 0.25) is 0 Å². The van der Waals surface area contributed by atoms with Crippen LogP contribution >= 0.6 is 11.6 Å². The summed E-state index contributed by atoms with van der Waals surface area (Å²) in [5.74, 6) is 2.06. The van der Waals surface area contributed by atoms with Gasteiger partial charge in [0.05, 0.1) is 12.5 Å². The van der Waals surface area contributed by atoms with Crippen molar-refractivity contribution in [3.8, 4) is 5.75 Å². The van der Waals surface area contributed by atoms with Crippen LogP contribution in [0.25, 0.3) is 0 Å². The van der Waals surface area contributed by atoms with E-state index in [1.165, 1.54) is 0 Å². The SMILES string of the molecule is CCOc1ccc(Nc2ccccn2)cc1CCl. The van der Waals surface area contributed by atoms with E-state index in [-0.39, 0.29) is 0 Å². The molecule has 0 fully saturated rings. The molecule has 1 heterocycles. The first kappa shape index (κ1) is 12.7. The third-order valence-electron chi connectivity index (χ3n) is 2.44. The Balaban J connectivity index is 2.19. The molecule has 2 aromatic rings. The maximum absolute atomic E-state index is 5.92. The van der Waals surface area contributed by atoms with Crippen molar-refractivity contribution in [2.24, 2.45) is 0 Å². The number of hydrogen-bond acceptors (Lipinski definition) is 3. The van der Waals surface area contributed by atoms with Crippen molar-refractivity contribution in [1.29, 1.82) is 0 Å². The lowest BCUT2D eigenvalue weighted by molar-refractivity contribution is 0.337. The predicted molar refractivity (Wildman–Crippen MR) is 74.7 cm³/mol. The normalized spacial score (nSPS) is 10.1. The Labute approximate surface area is 112 Å². The van der Waals surface area contributed by atoms with Crippen LogP contribution in [0.5, 0.6) is 5.75 Å². The third kappa shape index (κ3) is 3.14. The number of hydrogen-bond donors (Lipinski definition) is 1. The monoisotopic (exact) mass is 262 g/mol.